The molecule has 2 N–H and O–H groups in total. The molecule has 0 saturated carbocycles. The Balaban J connectivity index is 2.17. The molecule has 2 rings (SSSR count). The van der Waals surface area contributed by atoms with Crippen LogP contribution in [0.15, 0.2) is 6.20 Å². The monoisotopic (exact) mass is 329 g/mol. The number of halogens is 2. The lowest BCUT2D eigenvalue weighted by Gasteiger charge is -2.32. The summed E-state index contributed by atoms with van der Waals surface area (Å²) < 4.78 is 27.8. The normalized spacial score (nSPS) is 18.5. The third-order valence-electron chi connectivity index (χ3n) is 3.63. The van der Waals surface area contributed by atoms with Crippen LogP contribution in [0.5, 0.6) is 0 Å². The van der Waals surface area contributed by atoms with Crippen LogP contribution in [0.1, 0.15) is 32.9 Å². The molecular formula is C14H21F2N5O2. The Morgan fingerprint density at radius 1 is 1.52 bits per heavy atom. The molecular weight excluding hydrogens is 308 g/mol. The van der Waals surface area contributed by atoms with Crippen molar-refractivity contribution in [1.29, 1.82) is 0 Å². The number of nitrogens with zero attached hydrogens (tertiary/aromatic N) is 3. The summed E-state index contributed by atoms with van der Waals surface area (Å²) in [6, 6.07) is -1.23. The number of nitrogens with one attached hydrogen (secondary N) is 2. The summed E-state index contributed by atoms with van der Waals surface area (Å²) >= 11 is 0. The second-order valence-electron chi connectivity index (χ2n) is 5.91. The average Bonchev–Trinajstić information content (AvgIpc) is 2.83. The largest absolute Gasteiger partial charge is 0.353 e. The Morgan fingerprint density at radius 3 is 2.83 bits per heavy atom. The number of hydrogen-bond acceptors (Lipinski definition) is 3. The minimum absolute atomic E-state index is 0.0242. The zero-order valence-corrected chi connectivity index (χ0v) is 13.3. The van der Waals surface area contributed by atoms with Gasteiger partial charge in [0.1, 0.15) is 11.7 Å². The molecule has 0 radical (unpaired) electrons. The van der Waals surface area contributed by atoms with Crippen LogP contribution in [-0.2, 0) is 11.3 Å². The maximum absolute atomic E-state index is 13.3. The number of carbonyl (C=O) groups is 2. The molecule has 1 atom stereocenters. The molecule has 1 saturated heterocycles. The van der Waals surface area contributed by atoms with Crippen molar-refractivity contribution < 1.29 is 18.4 Å². The van der Waals surface area contributed by atoms with Gasteiger partial charge in [0.05, 0.1) is 11.9 Å². The first kappa shape index (κ1) is 17.2. The van der Waals surface area contributed by atoms with Gasteiger partial charge in [0.15, 0.2) is 0 Å². The van der Waals surface area contributed by atoms with Crippen molar-refractivity contribution in [3.8, 4) is 0 Å². The first-order valence-corrected chi connectivity index (χ1v) is 7.50. The lowest BCUT2D eigenvalue weighted by Crippen LogP contribution is -2.56. The van der Waals surface area contributed by atoms with Crippen LogP contribution in [0.2, 0.25) is 0 Å². The molecule has 1 unspecified atom stereocenters. The van der Waals surface area contributed by atoms with Gasteiger partial charge in [-0.1, -0.05) is 13.8 Å². The highest BCUT2D eigenvalue weighted by atomic mass is 19.3. The van der Waals surface area contributed by atoms with E-state index in [1.54, 1.807) is 6.92 Å². The van der Waals surface area contributed by atoms with Crippen molar-refractivity contribution in [3.63, 3.8) is 0 Å². The number of hydrogen-bond donors (Lipinski definition) is 2. The molecule has 1 fully saturated rings. The van der Waals surface area contributed by atoms with E-state index in [4.69, 9.17) is 0 Å². The summed E-state index contributed by atoms with van der Waals surface area (Å²) in [5, 5.41) is 9.02. The van der Waals surface area contributed by atoms with E-state index in [0.29, 0.717) is 19.6 Å². The predicted octanol–water partition coefficient (Wildman–Crippen LogP) is 1.83. The van der Waals surface area contributed by atoms with Crippen molar-refractivity contribution in [3.05, 3.63) is 11.9 Å². The molecule has 3 amide bonds. The fourth-order valence-corrected chi connectivity index (χ4v) is 2.46. The number of urea groups is 1. The van der Waals surface area contributed by atoms with Gasteiger partial charge in [0, 0.05) is 19.6 Å². The molecule has 2 heterocycles. The van der Waals surface area contributed by atoms with Crippen LogP contribution < -0.4 is 10.6 Å². The van der Waals surface area contributed by atoms with Crippen molar-refractivity contribution >= 4 is 17.6 Å². The van der Waals surface area contributed by atoms with Crippen LogP contribution in [0.4, 0.5) is 19.3 Å². The summed E-state index contributed by atoms with van der Waals surface area (Å²) in [5.41, 5.74) is -0.343. The summed E-state index contributed by atoms with van der Waals surface area (Å²) in [4.78, 5) is 25.2. The molecule has 0 aliphatic carbocycles. The highest BCUT2D eigenvalue weighted by molar-refractivity contribution is 5.94. The number of aromatic nitrogens is 2. The molecule has 1 aromatic heterocycles. The van der Waals surface area contributed by atoms with Crippen LogP contribution in [0, 0.1) is 5.92 Å². The molecule has 9 heteroatoms. The molecule has 0 aromatic carbocycles. The third-order valence-corrected chi connectivity index (χ3v) is 3.63. The first-order chi connectivity index (χ1) is 10.8. The number of carbonyl (C=O) groups excluding carboxylic acids is 2. The van der Waals surface area contributed by atoms with E-state index in [0.717, 1.165) is 0 Å². The van der Waals surface area contributed by atoms with Gasteiger partial charge in [-0.2, -0.15) is 5.10 Å². The van der Waals surface area contributed by atoms with Gasteiger partial charge in [-0.3, -0.25) is 9.48 Å². The summed E-state index contributed by atoms with van der Waals surface area (Å²) in [5.74, 6) is -0.127. The number of alkyl halides is 2. The number of amides is 3. The molecule has 1 aliphatic rings. The van der Waals surface area contributed by atoms with Gasteiger partial charge < -0.3 is 15.5 Å². The lowest BCUT2D eigenvalue weighted by atomic mass is 10.2. The van der Waals surface area contributed by atoms with Gasteiger partial charge in [0.2, 0.25) is 5.91 Å². The fraction of sp³-hybridized carbons (Fsp3) is 0.643. The van der Waals surface area contributed by atoms with E-state index in [1.807, 2.05) is 13.8 Å². The molecule has 7 nitrogen and oxygen atoms in total. The Morgan fingerprint density at radius 2 is 2.22 bits per heavy atom. The van der Waals surface area contributed by atoms with E-state index in [-0.39, 0.29) is 23.2 Å². The van der Waals surface area contributed by atoms with E-state index in [9.17, 15) is 18.4 Å². The molecule has 0 spiro atoms. The summed E-state index contributed by atoms with van der Waals surface area (Å²) in [7, 11) is 0. The second-order valence-corrected chi connectivity index (χ2v) is 5.91. The SMILES string of the molecule is CC(C)Cn1ncc(NC(=O)N2CCNC(=O)C2C)c1C(F)F. The van der Waals surface area contributed by atoms with Crippen LogP contribution >= 0.6 is 0 Å². The van der Waals surface area contributed by atoms with Crippen molar-refractivity contribution in [2.45, 2.75) is 39.8 Å². The molecule has 23 heavy (non-hydrogen) atoms. The van der Waals surface area contributed by atoms with E-state index in [2.05, 4.69) is 15.7 Å². The van der Waals surface area contributed by atoms with Crippen molar-refractivity contribution in [2.75, 3.05) is 18.4 Å². The zero-order valence-electron chi connectivity index (χ0n) is 13.3. The average molecular weight is 329 g/mol. The van der Waals surface area contributed by atoms with Gasteiger partial charge >= 0.3 is 6.03 Å². The van der Waals surface area contributed by atoms with Gasteiger partial charge in [-0.05, 0) is 12.8 Å². The molecule has 128 valence electrons. The Hall–Kier alpha value is -2.19. The Kier molecular flexibility index (Phi) is 5.17. The summed E-state index contributed by atoms with van der Waals surface area (Å²) in [6.07, 6.45) is -1.54. The van der Waals surface area contributed by atoms with Gasteiger partial charge in [-0.25, -0.2) is 13.6 Å². The maximum atomic E-state index is 13.3. The molecule has 1 aromatic rings. The standard InChI is InChI=1S/C14H21F2N5O2/c1-8(2)7-21-11(12(15)16)10(6-18-21)19-14(23)20-5-4-17-13(22)9(20)3/h6,8-9,12H,4-5,7H2,1-3H3,(H,17,22)(H,19,23). The van der Waals surface area contributed by atoms with Crippen LogP contribution in [0.25, 0.3) is 0 Å². The fourth-order valence-electron chi connectivity index (χ4n) is 2.46. The number of piperazine rings is 1. The predicted molar refractivity (Wildman–Crippen MR) is 80.2 cm³/mol. The van der Waals surface area contributed by atoms with E-state index in [1.165, 1.54) is 15.8 Å². The third kappa shape index (κ3) is 3.77. The number of anilines is 1. The highest BCUT2D eigenvalue weighted by Gasteiger charge is 2.30. The smallest absolute Gasteiger partial charge is 0.322 e. The number of rotatable bonds is 4. The Bertz CT molecular complexity index is 588. The molecule has 0 bridgehead atoms. The first-order valence-electron chi connectivity index (χ1n) is 7.50. The molecule has 1 aliphatic heterocycles. The quantitative estimate of drug-likeness (QED) is 0.884. The highest BCUT2D eigenvalue weighted by Crippen LogP contribution is 2.28. The van der Waals surface area contributed by atoms with Crippen molar-refractivity contribution in [2.24, 2.45) is 5.92 Å². The minimum atomic E-state index is -2.76. The van der Waals surface area contributed by atoms with Gasteiger partial charge in [-0.15, -0.1) is 0 Å². The van der Waals surface area contributed by atoms with E-state index < -0.39 is 18.5 Å². The van der Waals surface area contributed by atoms with Crippen molar-refractivity contribution in [1.82, 2.24) is 20.0 Å². The summed E-state index contributed by atoms with van der Waals surface area (Å²) in [6.45, 7) is 6.36. The minimum Gasteiger partial charge on any atom is -0.353 e. The topological polar surface area (TPSA) is 79.3 Å². The van der Waals surface area contributed by atoms with E-state index >= 15 is 0 Å². The second kappa shape index (κ2) is 6.93. The zero-order chi connectivity index (χ0) is 17.1. The van der Waals surface area contributed by atoms with Crippen LogP contribution in [0.3, 0.4) is 0 Å². The van der Waals surface area contributed by atoms with Crippen LogP contribution in [-0.4, -0.2) is 45.8 Å². The lowest BCUT2D eigenvalue weighted by molar-refractivity contribution is -0.126. The Labute approximate surface area is 133 Å². The maximum Gasteiger partial charge on any atom is 0.322 e. The van der Waals surface area contributed by atoms with Gasteiger partial charge in [0.25, 0.3) is 6.43 Å².